The lowest BCUT2D eigenvalue weighted by atomic mass is 10.2. The molecule has 0 unspecified atom stereocenters. The summed E-state index contributed by atoms with van der Waals surface area (Å²) in [4.78, 5) is 9.71. The van der Waals surface area contributed by atoms with E-state index in [4.69, 9.17) is 5.11 Å². The molecule has 0 saturated heterocycles. The van der Waals surface area contributed by atoms with Gasteiger partial charge < -0.3 is 9.90 Å². The van der Waals surface area contributed by atoms with Crippen LogP contribution in [-0.2, 0) is 4.79 Å². The molecule has 13 heavy (non-hydrogen) atoms. The number of rotatable bonds is 5. The molecule has 0 atom stereocenters. The molecule has 0 aromatic carbocycles. The van der Waals surface area contributed by atoms with Crippen LogP contribution in [0.25, 0.3) is 0 Å². The first-order valence-electron chi connectivity index (χ1n) is 5.37. The normalized spacial score (nSPS) is 7.46. The second-order valence-electron chi connectivity index (χ2n) is 2.45. The molecule has 0 amide bonds. The fourth-order valence-corrected chi connectivity index (χ4v) is 0.516. The maximum atomic E-state index is 9.71. The summed E-state index contributed by atoms with van der Waals surface area (Å²) in [6.07, 6.45) is 5.52. The van der Waals surface area contributed by atoms with Crippen molar-refractivity contribution >= 4 is 6.29 Å². The third kappa shape index (κ3) is 50.3. The van der Waals surface area contributed by atoms with Crippen molar-refractivity contribution in [1.82, 2.24) is 0 Å². The van der Waals surface area contributed by atoms with Crippen LogP contribution in [0.2, 0.25) is 0 Å². The Morgan fingerprint density at radius 3 is 1.92 bits per heavy atom. The van der Waals surface area contributed by atoms with Crippen molar-refractivity contribution in [3.8, 4) is 0 Å². The second-order valence-corrected chi connectivity index (χ2v) is 2.45. The predicted molar refractivity (Wildman–Crippen MR) is 61.0 cm³/mol. The summed E-state index contributed by atoms with van der Waals surface area (Å²) in [6.45, 7) is 8.50. The van der Waals surface area contributed by atoms with E-state index in [9.17, 15) is 4.79 Å². The fraction of sp³-hybridized carbons (Fsp3) is 0.909. The van der Waals surface area contributed by atoms with E-state index in [1.165, 1.54) is 6.42 Å². The Labute approximate surface area is 84.8 Å². The van der Waals surface area contributed by atoms with Gasteiger partial charge in [-0.15, -0.1) is 0 Å². The number of aliphatic hydroxyl groups excluding tert-OH is 1. The molecule has 0 aromatic rings. The van der Waals surface area contributed by atoms with Crippen molar-refractivity contribution < 1.29 is 11.3 Å². The van der Waals surface area contributed by atoms with E-state index in [0.717, 1.165) is 25.5 Å². The summed E-state index contributed by atoms with van der Waals surface area (Å²) >= 11 is 0. The molecule has 0 bridgehead atoms. The maximum Gasteiger partial charge on any atom is 0.119 e. The Hall–Kier alpha value is -0.370. The van der Waals surface area contributed by atoms with E-state index >= 15 is 0 Å². The first-order chi connectivity index (χ1) is 6.33. The molecule has 0 radical (unpaired) electrons. The SMILES string of the molecule is CC.CCC.O=CCCCCCO.[HH]. The summed E-state index contributed by atoms with van der Waals surface area (Å²) in [5.41, 5.74) is 0. The van der Waals surface area contributed by atoms with Crippen molar-refractivity contribution in [3.63, 3.8) is 0 Å². The molecule has 0 aliphatic carbocycles. The lowest BCUT2D eigenvalue weighted by Gasteiger charge is -1.90. The lowest BCUT2D eigenvalue weighted by Crippen LogP contribution is -1.82. The minimum atomic E-state index is 0. The average Bonchev–Trinajstić information content (AvgIpc) is 2.17. The highest BCUT2D eigenvalue weighted by molar-refractivity contribution is 5.48. The van der Waals surface area contributed by atoms with E-state index in [2.05, 4.69) is 13.8 Å². The Kier molecular flexibility index (Phi) is 42.4. The van der Waals surface area contributed by atoms with Crippen LogP contribution in [0.15, 0.2) is 0 Å². The molecule has 0 saturated carbocycles. The number of carbonyl (C=O) groups is 1. The molecular formula is C11H28O2. The summed E-state index contributed by atoms with van der Waals surface area (Å²) in [7, 11) is 0. The minimum Gasteiger partial charge on any atom is -0.396 e. The van der Waals surface area contributed by atoms with Gasteiger partial charge in [0.25, 0.3) is 0 Å². The van der Waals surface area contributed by atoms with Gasteiger partial charge in [-0.25, -0.2) is 0 Å². The zero-order valence-corrected chi connectivity index (χ0v) is 9.68. The van der Waals surface area contributed by atoms with Gasteiger partial charge in [0.1, 0.15) is 6.29 Å². The van der Waals surface area contributed by atoms with E-state index in [1.54, 1.807) is 0 Å². The van der Waals surface area contributed by atoms with Gasteiger partial charge in [0.15, 0.2) is 0 Å². The maximum absolute atomic E-state index is 9.71. The minimum absolute atomic E-state index is 0. The Bertz CT molecular complexity index is 68.3. The van der Waals surface area contributed by atoms with Gasteiger partial charge in [0.05, 0.1) is 0 Å². The molecular weight excluding hydrogens is 164 g/mol. The van der Waals surface area contributed by atoms with E-state index in [1.807, 2.05) is 13.8 Å². The summed E-state index contributed by atoms with van der Waals surface area (Å²) in [6, 6.07) is 0. The van der Waals surface area contributed by atoms with Crippen LogP contribution in [-0.4, -0.2) is 18.0 Å². The molecule has 2 nitrogen and oxygen atoms in total. The van der Waals surface area contributed by atoms with Gasteiger partial charge in [-0.05, 0) is 12.8 Å². The lowest BCUT2D eigenvalue weighted by molar-refractivity contribution is -0.107. The van der Waals surface area contributed by atoms with Crippen molar-refractivity contribution in [2.24, 2.45) is 0 Å². The summed E-state index contributed by atoms with van der Waals surface area (Å²) in [5, 5.41) is 8.28. The number of carbonyl (C=O) groups excluding carboxylic acids is 1. The molecule has 0 rings (SSSR count). The molecule has 0 spiro atoms. The number of aliphatic hydroxyl groups is 1. The molecule has 0 aliphatic heterocycles. The molecule has 2 heteroatoms. The summed E-state index contributed by atoms with van der Waals surface area (Å²) in [5.74, 6) is 0. The third-order valence-corrected chi connectivity index (χ3v) is 0.980. The average molecular weight is 192 g/mol. The van der Waals surface area contributed by atoms with Crippen molar-refractivity contribution in [2.75, 3.05) is 6.61 Å². The van der Waals surface area contributed by atoms with Crippen molar-refractivity contribution in [1.29, 1.82) is 0 Å². The van der Waals surface area contributed by atoms with Crippen LogP contribution in [0.3, 0.4) is 0 Å². The van der Waals surface area contributed by atoms with Crippen molar-refractivity contribution in [2.45, 2.75) is 59.8 Å². The molecule has 0 heterocycles. The fourth-order valence-electron chi connectivity index (χ4n) is 0.516. The van der Waals surface area contributed by atoms with Crippen LogP contribution < -0.4 is 0 Å². The highest BCUT2D eigenvalue weighted by Gasteiger charge is 1.84. The number of hydrogen-bond donors (Lipinski definition) is 1. The van der Waals surface area contributed by atoms with Crippen LogP contribution in [0, 0.1) is 0 Å². The van der Waals surface area contributed by atoms with Gasteiger partial charge in [-0.3, -0.25) is 0 Å². The molecule has 0 aromatic heterocycles. The smallest absolute Gasteiger partial charge is 0.119 e. The van der Waals surface area contributed by atoms with Gasteiger partial charge >= 0.3 is 0 Å². The molecule has 1 N–H and O–H groups in total. The van der Waals surface area contributed by atoms with E-state index < -0.39 is 0 Å². The largest absolute Gasteiger partial charge is 0.396 e. The van der Waals surface area contributed by atoms with Crippen LogP contribution in [0.1, 0.15) is 61.2 Å². The first kappa shape index (κ1) is 18.4. The van der Waals surface area contributed by atoms with Gasteiger partial charge in [-0.1, -0.05) is 40.5 Å². The van der Waals surface area contributed by atoms with Crippen LogP contribution in [0.4, 0.5) is 0 Å². The van der Waals surface area contributed by atoms with Gasteiger partial charge in [0.2, 0.25) is 0 Å². The second kappa shape index (κ2) is 29.9. The standard InChI is InChI=1S/C6H12O2.C3H8.C2H6.H2/c7-5-3-1-2-4-6-8;1-3-2;1-2;/h5,8H,1-4,6H2;3H2,1-2H3;1-2H3;1H. The van der Waals surface area contributed by atoms with Crippen LogP contribution >= 0.6 is 0 Å². The predicted octanol–water partition coefficient (Wildman–Crippen LogP) is 3.43. The van der Waals surface area contributed by atoms with Gasteiger partial charge in [-0.2, -0.15) is 0 Å². The molecule has 0 aliphatic rings. The zero-order chi connectivity index (χ0) is 10.9. The van der Waals surface area contributed by atoms with E-state index in [0.29, 0.717) is 6.42 Å². The Morgan fingerprint density at radius 2 is 1.62 bits per heavy atom. The third-order valence-electron chi connectivity index (χ3n) is 0.980. The molecule has 84 valence electrons. The van der Waals surface area contributed by atoms with Crippen LogP contribution in [0.5, 0.6) is 0 Å². The molecule has 0 fully saturated rings. The number of aldehydes is 1. The van der Waals surface area contributed by atoms with Crippen molar-refractivity contribution in [3.05, 3.63) is 0 Å². The highest BCUT2D eigenvalue weighted by atomic mass is 16.2. The Morgan fingerprint density at radius 1 is 1.15 bits per heavy atom. The first-order valence-corrected chi connectivity index (χ1v) is 5.37. The highest BCUT2D eigenvalue weighted by Crippen LogP contribution is 1.95. The number of unbranched alkanes of at least 4 members (excludes halogenated alkanes) is 3. The monoisotopic (exact) mass is 192 g/mol. The Balaban J connectivity index is -0.0000000716. The number of hydrogen-bond acceptors (Lipinski definition) is 2. The quantitative estimate of drug-likeness (QED) is 0.535. The topological polar surface area (TPSA) is 37.3 Å². The van der Waals surface area contributed by atoms with E-state index in [-0.39, 0.29) is 8.03 Å². The zero-order valence-electron chi connectivity index (χ0n) is 9.68. The van der Waals surface area contributed by atoms with Gasteiger partial charge in [0, 0.05) is 14.5 Å². The summed E-state index contributed by atoms with van der Waals surface area (Å²) < 4.78 is 0.